The minimum atomic E-state index is -5.77. The van der Waals surface area contributed by atoms with Gasteiger partial charge in [0.05, 0.1) is 0 Å². The Hall–Kier alpha value is -1.12. The number of aliphatic hydroxyl groups excluding tert-OH is 1. The van der Waals surface area contributed by atoms with Gasteiger partial charge in [0, 0.05) is 6.42 Å². The van der Waals surface area contributed by atoms with Crippen LogP contribution in [0.15, 0.2) is 30.3 Å². The van der Waals surface area contributed by atoms with Gasteiger partial charge in [-0.05, 0) is 5.56 Å². The van der Waals surface area contributed by atoms with Gasteiger partial charge in [-0.1, -0.05) is 30.3 Å². The monoisotopic (exact) mass is 270 g/mol. The lowest BCUT2D eigenvalue weighted by molar-refractivity contribution is -0.0777. The number of halogens is 3. The van der Waals surface area contributed by atoms with Crippen molar-refractivity contribution in [3.63, 3.8) is 0 Å². The summed E-state index contributed by atoms with van der Waals surface area (Å²) in [7, 11) is -5.77. The molecule has 0 spiro atoms. The van der Waals surface area contributed by atoms with Gasteiger partial charge in [0.25, 0.3) is 0 Å². The first-order chi connectivity index (χ1) is 7.72. The van der Waals surface area contributed by atoms with Crippen molar-refractivity contribution < 1.29 is 30.9 Å². The van der Waals surface area contributed by atoms with Crippen molar-refractivity contribution in [1.82, 2.24) is 0 Å². The van der Waals surface area contributed by atoms with Crippen LogP contribution in [0.4, 0.5) is 13.2 Å². The van der Waals surface area contributed by atoms with Gasteiger partial charge in [-0.25, -0.2) is 4.18 Å². The first-order valence-corrected chi connectivity index (χ1v) is 5.85. The Morgan fingerprint density at radius 2 is 1.76 bits per heavy atom. The van der Waals surface area contributed by atoms with Gasteiger partial charge < -0.3 is 5.11 Å². The van der Waals surface area contributed by atoms with Gasteiger partial charge in [0.15, 0.2) is 6.29 Å². The molecule has 0 aliphatic carbocycles. The van der Waals surface area contributed by atoms with E-state index in [1.165, 1.54) is 12.1 Å². The fourth-order valence-corrected chi connectivity index (χ4v) is 1.52. The number of aliphatic hydroxyl groups is 1. The van der Waals surface area contributed by atoms with Gasteiger partial charge in [-0.15, -0.1) is 0 Å². The summed E-state index contributed by atoms with van der Waals surface area (Å²) in [6, 6.07) is 7.91. The number of alkyl halides is 3. The molecule has 0 aliphatic heterocycles. The lowest BCUT2D eigenvalue weighted by Crippen LogP contribution is -2.30. The van der Waals surface area contributed by atoms with Gasteiger partial charge in [-0.2, -0.15) is 21.6 Å². The molecular weight excluding hydrogens is 261 g/mol. The van der Waals surface area contributed by atoms with E-state index in [0.29, 0.717) is 5.56 Å². The molecule has 4 nitrogen and oxygen atoms in total. The predicted molar refractivity (Wildman–Crippen MR) is 52.2 cm³/mol. The molecule has 1 aromatic rings. The van der Waals surface area contributed by atoms with Crippen LogP contribution in [0.5, 0.6) is 0 Å². The van der Waals surface area contributed by atoms with E-state index in [1.54, 1.807) is 18.2 Å². The molecule has 1 N–H and O–H groups in total. The standard InChI is InChI=1S/C9H9F3O4S/c10-9(11,12)17(14,15)16-8(13)6-7-4-2-1-3-5-7/h1-5,8,13H,6H2. The van der Waals surface area contributed by atoms with E-state index in [4.69, 9.17) is 5.11 Å². The Morgan fingerprint density at radius 3 is 2.24 bits per heavy atom. The van der Waals surface area contributed by atoms with E-state index in [1.807, 2.05) is 0 Å². The third kappa shape index (κ3) is 3.99. The van der Waals surface area contributed by atoms with E-state index in [0.717, 1.165) is 0 Å². The highest BCUT2D eigenvalue weighted by atomic mass is 32.2. The van der Waals surface area contributed by atoms with Crippen molar-refractivity contribution in [2.75, 3.05) is 0 Å². The zero-order valence-electron chi connectivity index (χ0n) is 8.39. The molecule has 1 rings (SSSR count). The molecule has 8 heteroatoms. The Kier molecular flexibility index (Phi) is 4.12. The van der Waals surface area contributed by atoms with Gasteiger partial charge in [-0.3, -0.25) is 0 Å². The molecule has 0 saturated carbocycles. The van der Waals surface area contributed by atoms with Crippen LogP contribution < -0.4 is 0 Å². The average molecular weight is 270 g/mol. The quantitative estimate of drug-likeness (QED) is 0.510. The molecule has 0 heterocycles. The van der Waals surface area contributed by atoms with Crippen LogP contribution in [0, 0.1) is 0 Å². The third-order valence-electron chi connectivity index (χ3n) is 1.77. The van der Waals surface area contributed by atoms with Crippen molar-refractivity contribution in [3.05, 3.63) is 35.9 Å². The number of rotatable bonds is 4. The van der Waals surface area contributed by atoms with Crippen LogP contribution in [-0.2, 0) is 20.7 Å². The summed E-state index contributed by atoms with van der Waals surface area (Å²) in [5.41, 5.74) is -5.08. The molecule has 1 unspecified atom stereocenters. The Balaban J connectivity index is 2.66. The SMILES string of the molecule is O=S(=O)(OC(O)Cc1ccccc1)C(F)(F)F. The average Bonchev–Trinajstić information content (AvgIpc) is 2.16. The normalized spacial score (nSPS) is 14.6. The second-order valence-electron chi connectivity index (χ2n) is 3.14. The van der Waals surface area contributed by atoms with Gasteiger partial charge >= 0.3 is 15.6 Å². The zero-order chi connectivity index (χ0) is 13.1. The van der Waals surface area contributed by atoms with Crippen LogP contribution in [0.25, 0.3) is 0 Å². The number of benzene rings is 1. The Morgan fingerprint density at radius 1 is 1.24 bits per heavy atom. The van der Waals surface area contributed by atoms with Crippen molar-refractivity contribution in [3.8, 4) is 0 Å². The summed E-state index contributed by atoms with van der Waals surface area (Å²) in [5.74, 6) is 0. The number of hydrogen-bond donors (Lipinski definition) is 1. The molecule has 1 aromatic carbocycles. The van der Waals surface area contributed by atoms with Crippen molar-refractivity contribution in [2.24, 2.45) is 0 Å². The van der Waals surface area contributed by atoms with E-state index in [9.17, 15) is 21.6 Å². The lowest BCUT2D eigenvalue weighted by atomic mass is 10.1. The molecule has 0 aromatic heterocycles. The fourth-order valence-electron chi connectivity index (χ4n) is 1.05. The Labute approximate surface area is 95.8 Å². The summed E-state index contributed by atoms with van der Waals surface area (Å²) in [6.45, 7) is 0. The van der Waals surface area contributed by atoms with Crippen LogP contribution in [0.1, 0.15) is 5.56 Å². The maximum atomic E-state index is 11.9. The molecule has 0 aliphatic rings. The summed E-state index contributed by atoms with van der Waals surface area (Å²) < 4.78 is 60.4. The van der Waals surface area contributed by atoms with E-state index in [-0.39, 0.29) is 6.42 Å². The smallest absolute Gasteiger partial charge is 0.367 e. The molecule has 0 amide bonds. The molecule has 0 fully saturated rings. The van der Waals surface area contributed by atoms with Gasteiger partial charge in [0.2, 0.25) is 0 Å². The van der Waals surface area contributed by atoms with E-state index in [2.05, 4.69) is 4.18 Å². The highest BCUT2D eigenvalue weighted by molar-refractivity contribution is 7.87. The van der Waals surface area contributed by atoms with Crippen LogP contribution in [0.2, 0.25) is 0 Å². The predicted octanol–water partition coefficient (Wildman–Crippen LogP) is 1.41. The number of hydrogen-bond acceptors (Lipinski definition) is 4. The maximum Gasteiger partial charge on any atom is 0.523 e. The third-order valence-corrected chi connectivity index (χ3v) is 2.82. The first kappa shape index (κ1) is 13.9. The van der Waals surface area contributed by atoms with E-state index < -0.39 is 21.9 Å². The summed E-state index contributed by atoms with van der Waals surface area (Å²) in [6.07, 6.45) is -2.42. The van der Waals surface area contributed by atoms with Crippen molar-refractivity contribution >= 4 is 10.1 Å². The van der Waals surface area contributed by atoms with Crippen LogP contribution in [0.3, 0.4) is 0 Å². The highest BCUT2D eigenvalue weighted by Crippen LogP contribution is 2.25. The van der Waals surface area contributed by atoms with Crippen molar-refractivity contribution in [2.45, 2.75) is 18.2 Å². The second kappa shape index (κ2) is 5.03. The largest absolute Gasteiger partial charge is 0.523 e. The maximum absolute atomic E-state index is 11.9. The topological polar surface area (TPSA) is 63.6 Å². The Bertz CT molecular complexity index is 455. The molecule has 0 saturated heterocycles. The summed E-state index contributed by atoms with van der Waals surface area (Å²) >= 11 is 0. The van der Waals surface area contributed by atoms with Crippen molar-refractivity contribution in [1.29, 1.82) is 0 Å². The molecule has 96 valence electrons. The van der Waals surface area contributed by atoms with Gasteiger partial charge in [0.1, 0.15) is 0 Å². The summed E-state index contributed by atoms with van der Waals surface area (Å²) in [4.78, 5) is 0. The molecular formula is C9H9F3O4S. The molecule has 0 bridgehead atoms. The molecule has 0 radical (unpaired) electrons. The van der Waals surface area contributed by atoms with Crippen LogP contribution in [-0.4, -0.2) is 25.3 Å². The fraction of sp³-hybridized carbons (Fsp3) is 0.333. The van der Waals surface area contributed by atoms with E-state index >= 15 is 0 Å². The lowest BCUT2D eigenvalue weighted by Gasteiger charge is -2.13. The second-order valence-corrected chi connectivity index (χ2v) is 4.70. The minimum absolute atomic E-state index is 0.351. The first-order valence-electron chi connectivity index (χ1n) is 4.44. The summed E-state index contributed by atoms with van der Waals surface area (Å²) in [5, 5.41) is 9.10. The minimum Gasteiger partial charge on any atom is -0.367 e. The zero-order valence-corrected chi connectivity index (χ0v) is 9.20. The van der Waals surface area contributed by atoms with Crippen LogP contribution >= 0.6 is 0 Å². The highest BCUT2D eigenvalue weighted by Gasteiger charge is 2.48. The molecule has 1 atom stereocenters. The molecule has 17 heavy (non-hydrogen) atoms.